The van der Waals surface area contributed by atoms with Gasteiger partial charge in [0.05, 0.1) is 30.4 Å². The fraction of sp³-hybridized carbons (Fsp3) is 0.889. The molecule has 4 atom stereocenters. The monoisotopic (exact) mass is 566 g/mol. The summed E-state index contributed by atoms with van der Waals surface area (Å²) in [4.78, 5) is 0. The molecule has 5 nitrogen and oxygen atoms in total. The zero-order chi connectivity index (χ0) is 30.2. The van der Waals surface area contributed by atoms with Gasteiger partial charge in [-0.05, 0) is 69.1 Å². The van der Waals surface area contributed by atoms with Gasteiger partial charge in [0.15, 0.2) is 0 Å². The Hall–Kier alpha value is -2.08. The minimum absolute atomic E-state index is 0.190. The van der Waals surface area contributed by atoms with Crippen molar-refractivity contribution < 1.29 is 4.74 Å². The Balaban J connectivity index is 6.10. The van der Waals surface area contributed by atoms with Gasteiger partial charge >= 0.3 is 0 Å². The van der Waals surface area contributed by atoms with Gasteiger partial charge in [0.1, 0.15) is 0 Å². The van der Waals surface area contributed by atoms with Crippen LogP contribution in [0.25, 0.3) is 0 Å². The van der Waals surface area contributed by atoms with Gasteiger partial charge in [-0.15, -0.1) is 0 Å². The molecule has 232 valence electrons. The van der Waals surface area contributed by atoms with E-state index in [-0.39, 0.29) is 6.10 Å². The average Bonchev–Trinajstić information content (AvgIpc) is 2.98. The van der Waals surface area contributed by atoms with Gasteiger partial charge in [0.25, 0.3) is 0 Å². The molecule has 0 aliphatic heterocycles. The van der Waals surface area contributed by atoms with Crippen LogP contribution >= 0.6 is 0 Å². The van der Waals surface area contributed by atoms with Gasteiger partial charge < -0.3 is 4.74 Å². The first-order chi connectivity index (χ1) is 20.2. The van der Waals surface area contributed by atoms with Gasteiger partial charge in [-0.3, -0.25) is 0 Å². The molecule has 0 rings (SSSR count). The second kappa shape index (κ2) is 30.9. The van der Waals surface area contributed by atoms with Crippen LogP contribution in [0.5, 0.6) is 0 Å². The third-order valence-electron chi connectivity index (χ3n) is 8.65. The molecule has 0 spiro atoms. The molecule has 41 heavy (non-hydrogen) atoms. The molecule has 0 aromatic carbocycles. The lowest BCUT2D eigenvalue weighted by atomic mass is 9.72. The minimum atomic E-state index is 0.190. The van der Waals surface area contributed by atoms with Gasteiger partial charge in [0.2, 0.25) is 0 Å². The van der Waals surface area contributed by atoms with Crippen molar-refractivity contribution in [3.05, 3.63) is 0 Å². The van der Waals surface area contributed by atoms with E-state index in [0.29, 0.717) is 50.0 Å². The Kier molecular flexibility index (Phi) is 29.3. The van der Waals surface area contributed by atoms with E-state index in [2.05, 4.69) is 38.1 Å². The molecule has 0 saturated heterocycles. The highest BCUT2D eigenvalue weighted by molar-refractivity contribution is 4.85. The molecular weight excluding hydrogens is 504 g/mol. The highest BCUT2D eigenvalue weighted by atomic mass is 16.5. The smallest absolute Gasteiger partial charge is 0.0634 e. The summed E-state index contributed by atoms with van der Waals surface area (Å²) in [6, 6.07) is 9.23. The minimum Gasteiger partial charge on any atom is -0.378 e. The van der Waals surface area contributed by atoms with E-state index < -0.39 is 0 Å². The van der Waals surface area contributed by atoms with Gasteiger partial charge in [-0.1, -0.05) is 97.3 Å². The Labute approximate surface area is 254 Å². The van der Waals surface area contributed by atoms with E-state index in [1.54, 1.807) is 0 Å². The molecule has 0 fully saturated rings. The van der Waals surface area contributed by atoms with Crippen molar-refractivity contribution >= 4 is 0 Å². The van der Waals surface area contributed by atoms with Crippen molar-refractivity contribution in [2.24, 2.45) is 17.8 Å². The molecule has 0 N–H and O–H groups in total. The van der Waals surface area contributed by atoms with E-state index in [1.807, 2.05) is 0 Å². The van der Waals surface area contributed by atoms with Crippen LogP contribution in [-0.2, 0) is 4.74 Å². The fourth-order valence-electron chi connectivity index (χ4n) is 6.32. The van der Waals surface area contributed by atoms with E-state index in [1.165, 1.54) is 57.8 Å². The molecule has 0 aromatic rings. The lowest BCUT2D eigenvalue weighted by molar-refractivity contribution is -0.0571. The fourth-order valence-corrected chi connectivity index (χ4v) is 6.32. The van der Waals surface area contributed by atoms with E-state index >= 15 is 0 Å². The first kappa shape index (κ1) is 38.9. The van der Waals surface area contributed by atoms with Crippen LogP contribution in [-0.4, -0.2) is 12.7 Å². The molecule has 4 unspecified atom stereocenters. The molecule has 0 radical (unpaired) electrons. The molecule has 5 heteroatoms. The maximum Gasteiger partial charge on any atom is 0.0634 e. The van der Waals surface area contributed by atoms with Crippen LogP contribution in [0.15, 0.2) is 0 Å². The summed E-state index contributed by atoms with van der Waals surface area (Å²) in [5, 5.41) is 36.4. The maximum atomic E-state index is 9.19. The Morgan fingerprint density at radius 3 is 1.37 bits per heavy atom. The van der Waals surface area contributed by atoms with Crippen molar-refractivity contribution in [2.75, 3.05) is 6.61 Å². The summed E-state index contributed by atoms with van der Waals surface area (Å²) in [5.41, 5.74) is 0. The molecule has 0 saturated carbocycles. The number of hydrogen-bond donors (Lipinski definition) is 0. The quantitative estimate of drug-likeness (QED) is 0.0804. The van der Waals surface area contributed by atoms with Gasteiger partial charge in [-0.2, -0.15) is 21.0 Å². The second-order valence-electron chi connectivity index (χ2n) is 12.0. The van der Waals surface area contributed by atoms with Crippen molar-refractivity contribution in [3.8, 4) is 24.3 Å². The van der Waals surface area contributed by atoms with Crippen LogP contribution < -0.4 is 0 Å². The summed E-state index contributed by atoms with van der Waals surface area (Å²) in [6.07, 6.45) is 26.5. The number of rotatable bonds is 30. The average molecular weight is 567 g/mol. The first-order valence-electron chi connectivity index (χ1n) is 17.3. The third-order valence-corrected chi connectivity index (χ3v) is 8.65. The summed E-state index contributed by atoms with van der Waals surface area (Å²) in [6.45, 7) is 5.27. The highest BCUT2D eigenvalue weighted by Crippen LogP contribution is 2.39. The zero-order valence-electron chi connectivity index (χ0n) is 26.9. The van der Waals surface area contributed by atoms with Crippen molar-refractivity contribution in [3.63, 3.8) is 0 Å². The normalized spacial score (nSPS) is 13.8. The Morgan fingerprint density at radius 2 is 0.829 bits per heavy atom. The van der Waals surface area contributed by atoms with E-state index in [9.17, 15) is 5.26 Å². The summed E-state index contributed by atoms with van der Waals surface area (Å²) >= 11 is 0. The predicted molar refractivity (Wildman–Crippen MR) is 169 cm³/mol. The van der Waals surface area contributed by atoms with E-state index in [0.717, 1.165) is 77.0 Å². The second-order valence-corrected chi connectivity index (χ2v) is 12.0. The predicted octanol–water partition coefficient (Wildman–Crippen LogP) is 11.1. The van der Waals surface area contributed by atoms with Crippen molar-refractivity contribution in [1.82, 2.24) is 0 Å². The number of hydrogen-bond acceptors (Lipinski definition) is 5. The van der Waals surface area contributed by atoms with Crippen molar-refractivity contribution in [2.45, 2.75) is 180 Å². The molecule has 0 aliphatic carbocycles. The SMILES string of the molecule is CCCCCCC(CCCCC)C(CCCCC#N)C(OCCCCC#N)C(CCCCC#N)CCCCCC#N. The number of unbranched alkanes of at least 4 members (excludes halogenated alkanes) is 14. The van der Waals surface area contributed by atoms with Crippen LogP contribution in [0, 0.1) is 63.1 Å². The van der Waals surface area contributed by atoms with Crippen LogP contribution in [0.2, 0.25) is 0 Å². The third kappa shape index (κ3) is 22.2. The van der Waals surface area contributed by atoms with E-state index in [4.69, 9.17) is 20.5 Å². The maximum absolute atomic E-state index is 9.19. The van der Waals surface area contributed by atoms with Crippen LogP contribution in [0.1, 0.15) is 174 Å². The van der Waals surface area contributed by atoms with Gasteiger partial charge in [-0.25, -0.2) is 0 Å². The topological polar surface area (TPSA) is 104 Å². The number of nitrogens with zero attached hydrogens (tertiary/aromatic N) is 4. The summed E-state index contributed by atoms with van der Waals surface area (Å²) in [7, 11) is 0. The van der Waals surface area contributed by atoms with Gasteiger partial charge in [0, 0.05) is 32.3 Å². The van der Waals surface area contributed by atoms with Crippen molar-refractivity contribution in [1.29, 1.82) is 21.0 Å². The summed E-state index contributed by atoms with van der Waals surface area (Å²) < 4.78 is 6.93. The Morgan fingerprint density at radius 1 is 0.439 bits per heavy atom. The zero-order valence-corrected chi connectivity index (χ0v) is 26.9. The lowest BCUT2D eigenvalue weighted by Crippen LogP contribution is -2.37. The molecule has 0 aromatic heterocycles. The molecule has 0 heterocycles. The standard InChI is InChI=1S/C36H62N4O/c1-3-5-7-14-24-33(23-13-6-4-2)35(27-17-11-20-30-39)36(41-32-22-12-21-31-40)34(26-16-10-19-29-38)25-15-8-9-18-28-37/h33-36H,3-27,32H2,1-2H3. The molecular formula is C36H62N4O. The lowest BCUT2D eigenvalue weighted by Gasteiger charge is -2.39. The number of ether oxygens (including phenoxy) is 1. The molecule has 0 amide bonds. The Bertz CT molecular complexity index is 741. The number of nitriles is 4. The first-order valence-corrected chi connectivity index (χ1v) is 17.3. The molecule has 0 bridgehead atoms. The van der Waals surface area contributed by atoms with Crippen LogP contribution in [0.3, 0.4) is 0 Å². The molecule has 0 aliphatic rings. The summed E-state index contributed by atoms with van der Waals surface area (Å²) in [5.74, 6) is 1.59. The largest absolute Gasteiger partial charge is 0.378 e. The highest BCUT2D eigenvalue weighted by Gasteiger charge is 2.34. The van der Waals surface area contributed by atoms with Crippen LogP contribution in [0.4, 0.5) is 0 Å².